The van der Waals surface area contributed by atoms with E-state index in [1.807, 2.05) is 59.5 Å². The van der Waals surface area contributed by atoms with Crippen molar-refractivity contribution >= 4 is 40.9 Å². The Labute approximate surface area is 170 Å². The monoisotopic (exact) mass is 410 g/mol. The first-order valence-electron chi connectivity index (χ1n) is 8.70. The molecule has 0 aliphatic carbocycles. The maximum Gasteiger partial charge on any atom is 0.253 e. The number of aromatic nitrogens is 2. The topological polar surface area (TPSA) is 92.1 Å². The Bertz CT molecular complexity index is 1060. The third kappa shape index (κ3) is 3.93. The van der Waals surface area contributed by atoms with Crippen LogP contribution in [0, 0.1) is 0 Å². The first kappa shape index (κ1) is 18.6. The first-order chi connectivity index (χ1) is 13.6. The van der Waals surface area contributed by atoms with E-state index in [1.54, 1.807) is 11.8 Å². The van der Waals surface area contributed by atoms with Crippen molar-refractivity contribution in [1.82, 2.24) is 9.97 Å². The molecule has 0 saturated heterocycles. The molecule has 6 nitrogen and oxygen atoms in total. The number of aromatic amines is 1. The average Bonchev–Trinajstić information content (AvgIpc) is 2.71. The molecule has 1 aromatic heterocycles. The Balaban J connectivity index is 1.62. The molecular weight excluding hydrogens is 392 g/mol. The van der Waals surface area contributed by atoms with Crippen LogP contribution in [0.25, 0.3) is 0 Å². The zero-order chi connectivity index (χ0) is 19.5. The summed E-state index contributed by atoms with van der Waals surface area (Å²) in [6.07, 6.45) is 0. The quantitative estimate of drug-likeness (QED) is 0.506. The SMILES string of the molecule is Nc1cc(=O)[nH]c(SCC(=O)N2c3ccccc3SC[C@@H]2c2ccccc2)n1. The zero-order valence-corrected chi connectivity index (χ0v) is 16.5. The highest BCUT2D eigenvalue weighted by Crippen LogP contribution is 2.43. The van der Waals surface area contributed by atoms with E-state index in [1.165, 1.54) is 17.8 Å². The van der Waals surface area contributed by atoms with Crippen LogP contribution in [0.4, 0.5) is 11.5 Å². The molecule has 2 aromatic carbocycles. The smallest absolute Gasteiger partial charge is 0.253 e. The van der Waals surface area contributed by atoms with Gasteiger partial charge in [-0.1, -0.05) is 54.2 Å². The molecule has 1 amide bonds. The number of fused-ring (bicyclic) bond motifs is 1. The summed E-state index contributed by atoms with van der Waals surface area (Å²) in [4.78, 5) is 34.4. The number of para-hydroxylation sites is 1. The summed E-state index contributed by atoms with van der Waals surface area (Å²) >= 11 is 2.93. The van der Waals surface area contributed by atoms with Gasteiger partial charge in [0.1, 0.15) is 5.82 Å². The molecule has 3 aromatic rings. The van der Waals surface area contributed by atoms with Crippen LogP contribution < -0.4 is 16.2 Å². The molecule has 142 valence electrons. The van der Waals surface area contributed by atoms with E-state index in [0.717, 1.165) is 21.9 Å². The van der Waals surface area contributed by atoms with E-state index >= 15 is 0 Å². The number of nitrogen functional groups attached to an aromatic ring is 1. The van der Waals surface area contributed by atoms with Gasteiger partial charge >= 0.3 is 0 Å². The van der Waals surface area contributed by atoms with Gasteiger partial charge in [0.15, 0.2) is 5.16 Å². The Kier molecular flexibility index (Phi) is 5.40. The number of benzene rings is 2. The minimum absolute atomic E-state index is 0.0447. The number of anilines is 2. The fraction of sp³-hybridized carbons (Fsp3) is 0.150. The van der Waals surface area contributed by atoms with E-state index in [9.17, 15) is 9.59 Å². The molecule has 0 unspecified atom stereocenters. The standard InChI is InChI=1S/C20H18N4O2S2/c21-17-10-18(25)23-20(22-17)28-12-19(26)24-14-8-4-5-9-16(14)27-11-15(24)13-6-2-1-3-7-13/h1-10,15H,11-12H2,(H3,21,22,23,25)/t15-/m1/s1. The highest BCUT2D eigenvalue weighted by molar-refractivity contribution is 8.00. The first-order valence-corrected chi connectivity index (χ1v) is 10.7. The van der Waals surface area contributed by atoms with Crippen molar-refractivity contribution in [3.8, 4) is 0 Å². The average molecular weight is 411 g/mol. The van der Waals surface area contributed by atoms with Crippen molar-refractivity contribution in [2.45, 2.75) is 16.1 Å². The van der Waals surface area contributed by atoms with Crippen LogP contribution in [0.2, 0.25) is 0 Å². The second-order valence-electron chi connectivity index (χ2n) is 6.23. The van der Waals surface area contributed by atoms with Crippen molar-refractivity contribution < 1.29 is 4.79 Å². The summed E-state index contributed by atoms with van der Waals surface area (Å²) in [5.41, 5.74) is 7.30. The fourth-order valence-electron chi connectivity index (χ4n) is 3.14. The van der Waals surface area contributed by atoms with Gasteiger partial charge in [0.25, 0.3) is 5.56 Å². The Hall–Kier alpha value is -2.71. The van der Waals surface area contributed by atoms with Gasteiger partial charge in [-0.2, -0.15) is 0 Å². The summed E-state index contributed by atoms with van der Waals surface area (Å²) < 4.78 is 0. The minimum Gasteiger partial charge on any atom is -0.383 e. The molecule has 4 rings (SSSR count). The number of amides is 1. The molecule has 1 atom stereocenters. The molecule has 0 bridgehead atoms. The number of carbonyl (C=O) groups is 1. The van der Waals surface area contributed by atoms with E-state index in [0.29, 0.717) is 5.16 Å². The summed E-state index contributed by atoms with van der Waals surface area (Å²) in [7, 11) is 0. The van der Waals surface area contributed by atoms with Gasteiger partial charge in [-0.05, 0) is 17.7 Å². The summed E-state index contributed by atoms with van der Waals surface area (Å²) in [5.74, 6) is 1.02. The molecule has 28 heavy (non-hydrogen) atoms. The largest absolute Gasteiger partial charge is 0.383 e. The normalized spacial score (nSPS) is 15.9. The summed E-state index contributed by atoms with van der Waals surface area (Å²) in [5, 5.41) is 0.342. The van der Waals surface area contributed by atoms with Gasteiger partial charge in [-0.25, -0.2) is 4.98 Å². The van der Waals surface area contributed by atoms with Gasteiger partial charge in [0, 0.05) is 16.7 Å². The number of H-pyrrole nitrogens is 1. The highest BCUT2D eigenvalue weighted by atomic mass is 32.2. The van der Waals surface area contributed by atoms with Crippen LogP contribution in [-0.4, -0.2) is 27.4 Å². The third-order valence-corrected chi connectivity index (χ3v) is 6.36. The number of thioether (sulfide) groups is 2. The Morgan fingerprint density at radius 1 is 1.21 bits per heavy atom. The van der Waals surface area contributed by atoms with Crippen LogP contribution in [0.3, 0.4) is 0 Å². The van der Waals surface area contributed by atoms with Gasteiger partial charge in [-0.3, -0.25) is 9.59 Å². The van der Waals surface area contributed by atoms with Crippen molar-refractivity contribution in [3.05, 3.63) is 76.6 Å². The lowest BCUT2D eigenvalue weighted by molar-refractivity contribution is -0.116. The summed E-state index contributed by atoms with van der Waals surface area (Å²) in [6.45, 7) is 0. The van der Waals surface area contributed by atoms with E-state index in [2.05, 4.69) is 9.97 Å². The maximum absolute atomic E-state index is 13.2. The number of hydrogen-bond acceptors (Lipinski definition) is 6. The second-order valence-corrected chi connectivity index (χ2v) is 8.26. The number of nitrogens with one attached hydrogen (secondary N) is 1. The van der Waals surface area contributed by atoms with Gasteiger partial charge in [0.2, 0.25) is 5.91 Å². The number of hydrogen-bond donors (Lipinski definition) is 2. The van der Waals surface area contributed by atoms with Crippen LogP contribution in [0.15, 0.2) is 75.5 Å². The molecule has 2 heterocycles. The fourth-order valence-corrected chi connectivity index (χ4v) is 5.05. The number of nitrogens with zero attached hydrogens (tertiary/aromatic N) is 2. The molecule has 3 N–H and O–H groups in total. The molecule has 0 saturated carbocycles. The molecular formula is C20H18N4O2S2. The van der Waals surface area contributed by atoms with Crippen molar-refractivity contribution in [2.24, 2.45) is 0 Å². The highest BCUT2D eigenvalue weighted by Gasteiger charge is 2.32. The zero-order valence-electron chi connectivity index (χ0n) is 14.9. The predicted octanol–water partition coefficient (Wildman–Crippen LogP) is 3.32. The van der Waals surface area contributed by atoms with E-state index in [4.69, 9.17) is 5.73 Å². The van der Waals surface area contributed by atoms with Crippen molar-refractivity contribution in [2.75, 3.05) is 22.1 Å². The predicted molar refractivity (Wildman–Crippen MR) is 114 cm³/mol. The van der Waals surface area contributed by atoms with Crippen LogP contribution in [0.5, 0.6) is 0 Å². The lowest BCUT2D eigenvalue weighted by Gasteiger charge is -2.37. The van der Waals surface area contributed by atoms with Crippen LogP contribution >= 0.6 is 23.5 Å². The van der Waals surface area contributed by atoms with Gasteiger partial charge in [0.05, 0.1) is 17.5 Å². The van der Waals surface area contributed by atoms with Gasteiger partial charge < -0.3 is 15.6 Å². The van der Waals surface area contributed by atoms with Crippen molar-refractivity contribution in [1.29, 1.82) is 0 Å². The molecule has 0 spiro atoms. The number of carbonyl (C=O) groups excluding carboxylic acids is 1. The Morgan fingerprint density at radius 3 is 2.75 bits per heavy atom. The maximum atomic E-state index is 13.2. The number of nitrogens with two attached hydrogens (primary N) is 1. The summed E-state index contributed by atoms with van der Waals surface area (Å²) in [6, 6.07) is 19.1. The molecule has 0 fully saturated rings. The third-order valence-electron chi connectivity index (χ3n) is 4.36. The molecule has 1 aliphatic heterocycles. The lowest BCUT2D eigenvalue weighted by atomic mass is 10.1. The second kappa shape index (κ2) is 8.12. The molecule has 1 aliphatic rings. The van der Waals surface area contributed by atoms with E-state index in [-0.39, 0.29) is 29.1 Å². The van der Waals surface area contributed by atoms with Crippen LogP contribution in [0.1, 0.15) is 11.6 Å². The molecule has 8 heteroatoms. The molecule has 0 radical (unpaired) electrons. The van der Waals surface area contributed by atoms with Crippen LogP contribution in [-0.2, 0) is 4.79 Å². The van der Waals surface area contributed by atoms with Gasteiger partial charge in [-0.15, -0.1) is 11.8 Å². The minimum atomic E-state index is -0.329. The Morgan fingerprint density at radius 2 is 1.96 bits per heavy atom. The van der Waals surface area contributed by atoms with Crippen molar-refractivity contribution in [3.63, 3.8) is 0 Å². The lowest BCUT2D eigenvalue weighted by Crippen LogP contribution is -2.39. The van der Waals surface area contributed by atoms with E-state index < -0.39 is 0 Å². The number of rotatable bonds is 4.